The number of carbonyl (C=O) groups excluding carboxylic acids is 1. The second-order valence-corrected chi connectivity index (χ2v) is 7.57. The molecule has 33 heavy (non-hydrogen) atoms. The summed E-state index contributed by atoms with van der Waals surface area (Å²) in [4.78, 5) is 25.9. The van der Waals surface area contributed by atoms with Gasteiger partial charge in [-0.1, -0.05) is 24.3 Å². The summed E-state index contributed by atoms with van der Waals surface area (Å²) in [5, 5.41) is 19.9. The van der Waals surface area contributed by atoms with Crippen molar-refractivity contribution in [3.8, 4) is 16.9 Å². The number of halogens is 1. The van der Waals surface area contributed by atoms with Crippen molar-refractivity contribution in [1.82, 2.24) is 5.32 Å². The molecule has 3 N–H and O–H groups in total. The summed E-state index contributed by atoms with van der Waals surface area (Å²) < 4.78 is 14.6. The molecule has 1 saturated heterocycles. The minimum Gasteiger partial charge on any atom is -0.508 e. The largest absolute Gasteiger partial charge is 1.00 e. The van der Waals surface area contributed by atoms with Crippen molar-refractivity contribution < 1.29 is 53.7 Å². The number of benzene rings is 3. The third-order valence-electron chi connectivity index (χ3n) is 4.07. The molecule has 1 amide bonds. The van der Waals surface area contributed by atoms with E-state index in [1.165, 1.54) is 23.9 Å². The van der Waals surface area contributed by atoms with Gasteiger partial charge in [-0.25, -0.2) is 4.39 Å². The van der Waals surface area contributed by atoms with Gasteiger partial charge in [-0.3, -0.25) is 14.6 Å². The zero-order chi connectivity index (χ0) is 23.1. The number of aliphatic imine (C=N–C) groups is 1. The molecule has 0 atom stereocenters. The van der Waals surface area contributed by atoms with Gasteiger partial charge in [0.1, 0.15) is 11.6 Å². The van der Waals surface area contributed by atoms with Crippen LogP contribution in [0.1, 0.15) is 12.5 Å². The van der Waals surface area contributed by atoms with Crippen LogP contribution in [0.25, 0.3) is 17.2 Å². The molecule has 0 bridgehead atoms. The van der Waals surface area contributed by atoms with E-state index in [0.717, 1.165) is 12.5 Å². The molecular weight excluding hydrogens is 454 g/mol. The van der Waals surface area contributed by atoms with E-state index in [9.17, 15) is 14.3 Å². The van der Waals surface area contributed by atoms with E-state index in [0.29, 0.717) is 26.9 Å². The quantitative estimate of drug-likeness (QED) is 0.308. The number of thioether (sulfide) groups is 1. The first kappa shape index (κ1) is 26.3. The topological polar surface area (TPSA) is 99.0 Å². The van der Waals surface area contributed by atoms with Crippen molar-refractivity contribution in [2.75, 3.05) is 0 Å². The van der Waals surface area contributed by atoms with Crippen LogP contribution in [0.2, 0.25) is 0 Å². The molecule has 3 aromatic carbocycles. The molecule has 6 nitrogen and oxygen atoms in total. The van der Waals surface area contributed by atoms with Gasteiger partial charge in [-0.15, -0.1) is 12.1 Å². The van der Waals surface area contributed by atoms with E-state index in [1.807, 2.05) is 0 Å². The Hall–Kier alpha value is -2.91. The van der Waals surface area contributed by atoms with Gasteiger partial charge in [-0.2, -0.15) is 18.2 Å². The Labute approximate surface area is 216 Å². The smallest absolute Gasteiger partial charge is 0.508 e. The molecule has 4 rings (SSSR count). The maximum absolute atomic E-state index is 14.6. The molecule has 1 heterocycles. The number of carboxylic acid groups (broad SMARTS) is 1. The van der Waals surface area contributed by atoms with Crippen LogP contribution in [0.15, 0.2) is 76.6 Å². The van der Waals surface area contributed by atoms with Crippen molar-refractivity contribution in [3.63, 3.8) is 0 Å². The summed E-state index contributed by atoms with van der Waals surface area (Å²) in [5.74, 6) is -1.43. The van der Waals surface area contributed by atoms with Crippen molar-refractivity contribution in [2.24, 2.45) is 4.99 Å². The number of carbonyl (C=O) groups is 2. The van der Waals surface area contributed by atoms with Crippen LogP contribution >= 0.6 is 11.8 Å². The molecule has 0 aromatic heterocycles. The summed E-state index contributed by atoms with van der Waals surface area (Å²) in [6.45, 7) is 1.08. The monoisotopic (exact) mass is 472 g/mol. The zero-order valence-corrected chi connectivity index (χ0v) is 20.7. The van der Waals surface area contributed by atoms with E-state index in [1.54, 1.807) is 60.7 Å². The van der Waals surface area contributed by atoms with Crippen LogP contribution in [0.3, 0.4) is 0 Å². The van der Waals surface area contributed by atoms with Crippen LogP contribution < -0.4 is 34.9 Å². The summed E-state index contributed by atoms with van der Waals surface area (Å²) in [6, 6.07) is 21.3. The standard InChI is InChI=1S/C22H14FN2O2S.C2H4O2.Na/c23-19-12-15(14-8-10-18(26)11-9-14)6-7-16(19)13-20-21(27)25-22(28-20)24-17-4-2-1-3-5-17;1-2(3)4;/h2-13,26H,(H,24,25,27);1H3,(H,3,4);/q-1;;+1. The number of rotatable bonds is 3. The number of nitrogens with zero attached hydrogens (tertiary/aromatic N) is 1. The zero-order valence-electron chi connectivity index (χ0n) is 17.9. The van der Waals surface area contributed by atoms with Crippen molar-refractivity contribution in [2.45, 2.75) is 6.92 Å². The number of amides is 1. The predicted molar refractivity (Wildman–Crippen MR) is 123 cm³/mol. The average Bonchev–Trinajstić information content (AvgIpc) is 3.09. The minimum absolute atomic E-state index is 0. The third kappa shape index (κ3) is 7.87. The summed E-state index contributed by atoms with van der Waals surface area (Å²) >= 11 is 1.17. The molecule has 0 unspecified atom stereocenters. The Kier molecular flexibility index (Phi) is 9.87. The number of nitrogens with one attached hydrogen (secondary N) is 1. The molecule has 162 valence electrons. The van der Waals surface area contributed by atoms with Gasteiger partial charge in [0, 0.05) is 12.5 Å². The van der Waals surface area contributed by atoms with Crippen LogP contribution in [-0.2, 0) is 9.59 Å². The fraction of sp³-hybridized carbons (Fsp3) is 0.0417. The maximum atomic E-state index is 14.6. The van der Waals surface area contributed by atoms with Crippen molar-refractivity contribution in [1.29, 1.82) is 0 Å². The number of carboxylic acids is 1. The Morgan fingerprint density at radius 1 is 1.09 bits per heavy atom. The first-order valence-electron chi connectivity index (χ1n) is 9.36. The van der Waals surface area contributed by atoms with Gasteiger partial charge in [0.05, 0.1) is 4.91 Å². The summed E-state index contributed by atoms with van der Waals surface area (Å²) in [6.07, 6.45) is 1.51. The van der Waals surface area contributed by atoms with Crippen LogP contribution in [0, 0.1) is 11.9 Å². The Morgan fingerprint density at radius 2 is 1.70 bits per heavy atom. The van der Waals surface area contributed by atoms with E-state index in [2.05, 4.69) is 16.4 Å². The van der Waals surface area contributed by atoms with Gasteiger partial charge in [0.15, 0.2) is 5.17 Å². The molecule has 9 heteroatoms. The first-order valence-corrected chi connectivity index (χ1v) is 10.2. The predicted octanol–water partition coefficient (Wildman–Crippen LogP) is 1.98. The first-order chi connectivity index (χ1) is 15.3. The summed E-state index contributed by atoms with van der Waals surface area (Å²) in [7, 11) is 0. The molecule has 1 fully saturated rings. The van der Waals surface area contributed by atoms with Crippen LogP contribution in [0.5, 0.6) is 5.75 Å². The van der Waals surface area contributed by atoms with Crippen LogP contribution in [-0.4, -0.2) is 27.3 Å². The number of hydrogen-bond acceptors (Lipinski definition) is 5. The molecule has 1 aliphatic heterocycles. The fourth-order valence-corrected chi connectivity index (χ4v) is 3.50. The maximum Gasteiger partial charge on any atom is 1.00 e. The third-order valence-corrected chi connectivity index (χ3v) is 4.98. The molecule has 0 saturated carbocycles. The number of hydrogen-bond donors (Lipinski definition) is 3. The average molecular weight is 472 g/mol. The molecule has 3 aromatic rings. The molecule has 0 radical (unpaired) electrons. The normalized spacial score (nSPS) is 14.8. The second kappa shape index (κ2) is 12.4. The SMILES string of the molecule is CC(=O)O.O=C1NC(=Nc2cc[c-]cc2)SC1=Cc1ccc(-c2ccc(O)cc2)cc1F.[Na+]. The number of aliphatic carboxylic acids is 1. The van der Waals surface area contributed by atoms with E-state index in [-0.39, 0.29) is 41.2 Å². The molecule has 0 spiro atoms. The Bertz CT molecular complexity index is 1190. The Morgan fingerprint density at radius 3 is 2.30 bits per heavy atom. The van der Waals surface area contributed by atoms with Gasteiger partial charge in [0.25, 0.3) is 11.9 Å². The molecule has 1 aliphatic rings. The minimum atomic E-state index is -0.833. The number of aromatic hydroxyl groups is 1. The number of phenolic OH excluding ortho intramolecular Hbond substituents is 1. The Balaban J connectivity index is 0.000000714. The van der Waals surface area contributed by atoms with E-state index < -0.39 is 11.8 Å². The van der Waals surface area contributed by atoms with Crippen molar-refractivity contribution in [3.05, 3.63) is 89.1 Å². The van der Waals surface area contributed by atoms with E-state index in [4.69, 9.17) is 9.90 Å². The second-order valence-electron chi connectivity index (χ2n) is 6.54. The molecule has 0 aliphatic carbocycles. The van der Waals surface area contributed by atoms with Crippen LogP contribution in [0.4, 0.5) is 10.1 Å². The number of amidine groups is 1. The fourth-order valence-electron chi connectivity index (χ4n) is 2.67. The summed E-state index contributed by atoms with van der Waals surface area (Å²) in [5.41, 5.74) is 2.49. The van der Waals surface area contributed by atoms with Gasteiger partial charge < -0.3 is 15.5 Å². The molecular formula is C24H18FN2NaO4S. The van der Waals surface area contributed by atoms with Crippen molar-refractivity contribution >= 4 is 40.6 Å². The van der Waals surface area contributed by atoms with Gasteiger partial charge >= 0.3 is 29.6 Å². The van der Waals surface area contributed by atoms with E-state index >= 15 is 0 Å². The number of phenols is 1. The van der Waals surface area contributed by atoms with Gasteiger partial charge in [0.2, 0.25) is 0 Å². The van der Waals surface area contributed by atoms with Gasteiger partial charge in [-0.05, 0) is 52.9 Å².